The molecule has 19 nitrogen and oxygen atoms in total. The summed E-state index contributed by atoms with van der Waals surface area (Å²) in [6.45, 7) is 7.75. The van der Waals surface area contributed by atoms with Gasteiger partial charge in [-0.1, -0.05) is 143 Å². The summed E-state index contributed by atoms with van der Waals surface area (Å²) in [5.41, 5.74) is 5.45. The highest BCUT2D eigenvalue weighted by atomic mass is 32.3. The number of ketones is 1. The van der Waals surface area contributed by atoms with Crippen LogP contribution >= 0.6 is 0 Å². The first-order chi connectivity index (χ1) is 38.8. The molecule has 0 aliphatic rings. The van der Waals surface area contributed by atoms with E-state index in [1.807, 2.05) is 6.92 Å². The van der Waals surface area contributed by atoms with Crippen LogP contribution in [0.5, 0.6) is 0 Å². The highest BCUT2D eigenvalue weighted by molar-refractivity contribution is 7.80. The lowest BCUT2D eigenvalue weighted by molar-refractivity contribution is -0.141. The maximum absolute atomic E-state index is 13.1. The molecule has 0 aromatic heterocycles. The number of carboxylic acids is 1. The molecule has 0 aromatic carbocycles. The van der Waals surface area contributed by atoms with Crippen molar-refractivity contribution in [3.05, 3.63) is 0 Å². The van der Waals surface area contributed by atoms with Crippen molar-refractivity contribution >= 4 is 22.2 Å². The first-order valence-corrected chi connectivity index (χ1v) is 33.7. The van der Waals surface area contributed by atoms with Crippen LogP contribution in [-0.2, 0) is 24.2 Å². The van der Waals surface area contributed by atoms with Gasteiger partial charge in [-0.05, 0) is 141 Å². The fourth-order valence-electron chi connectivity index (χ4n) is 11.3. The molecule has 0 spiro atoms. The number of hydrogen-bond acceptors (Lipinski definition) is 17. The van der Waals surface area contributed by atoms with Gasteiger partial charge in [0.1, 0.15) is 5.78 Å². The molecule has 20 heteroatoms. The summed E-state index contributed by atoms with van der Waals surface area (Å²) in [5, 5.41) is 124. The summed E-state index contributed by atoms with van der Waals surface area (Å²) < 4.78 is 37.8. The minimum atomic E-state index is -4.85. The molecule has 0 saturated heterocycles. The molecule has 0 fully saturated rings. The lowest BCUT2D eigenvalue weighted by Gasteiger charge is -2.28. The summed E-state index contributed by atoms with van der Waals surface area (Å²) in [7, 11) is -4.85. The Morgan fingerprint density at radius 3 is 1.09 bits per heavy atom. The monoisotopic (exact) mass is 1200 g/mol. The van der Waals surface area contributed by atoms with Crippen LogP contribution in [0.4, 0.5) is 0 Å². The number of aliphatic carboxylic acids is 1. The molecule has 0 bridgehead atoms. The number of rotatable bonds is 59. The van der Waals surface area contributed by atoms with Gasteiger partial charge in [0.05, 0.1) is 79.2 Å². The maximum atomic E-state index is 13.1. The molecule has 0 saturated carbocycles. The Balaban J connectivity index is 4.27. The number of aliphatic hydroxyl groups excluding tert-OH is 11. The molecule has 490 valence electrons. The predicted octanol–water partition coefficient (Wildman–Crippen LogP) is 8.52. The van der Waals surface area contributed by atoms with Gasteiger partial charge in [-0.2, -0.15) is 8.42 Å². The molecule has 16 atom stereocenters. The van der Waals surface area contributed by atoms with Crippen molar-refractivity contribution < 1.29 is 88.0 Å². The van der Waals surface area contributed by atoms with Crippen LogP contribution in [0.3, 0.4) is 0 Å². The van der Waals surface area contributed by atoms with E-state index < -0.39 is 101 Å². The van der Waals surface area contributed by atoms with Crippen molar-refractivity contribution in [3.63, 3.8) is 0 Å². The first-order valence-electron chi connectivity index (χ1n) is 32.4. The van der Waals surface area contributed by atoms with E-state index in [1.165, 1.54) is 6.92 Å². The number of hydrogen-bond donors (Lipinski definition) is 14. The normalized spacial score (nSPS) is 18.3. The van der Waals surface area contributed by atoms with Crippen LogP contribution < -0.4 is 5.73 Å². The van der Waals surface area contributed by atoms with Gasteiger partial charge in [-0.15, -0.1) is 0 Å². The summed E-state index contributed by atoms with van der Waals surface area (Å²) in [4.78, 5) is 24.1. The number of carbonyl (C=O) groups is 2. The maximum Gasteiger partial charge on any atom is 0.397 e. The lowest BCUT2D eigenvalue weighted by Crippen LogP contribution is -2.34. The average Bonchev–Trinajstić information content (AvgIpc) is 3.42. The van der Waals surface area contributed by atoms with Gasteiger partial charge in [-0.3, -0.25) is 14.1 Å². The molecule has 15 N–H and O–H groups in total. The largest absolute Gasteiger partial charge is 0.481 e. The third-order valence-corrected chi connectivity index (χ3v) is 17.4. The smallest absolute Gasteiger partial charge is 0.397 e. The Kier molecular flexibility index (Phi) is 48.6. The van der Waals surface area contributed by atoms with E-state index in [9.17, 15) is 78.7 Å². The zero-order valence-corrected chi connectivity index (χ0v) is 52.2. The van der Waals surface area contributed by atoms with E-state index in [4.69, 9.17) is 15.0 Å². The Morgan fingerprint density at radius 1 is 0.402 bits per heavy atom. The van der Waals surface area contributed by atoms with Crippen LogP contribution in [0.25, 0.3) is 0 Å². The van der Waals surface area contributed by atoms with E-state index in [2.05, 4.69) is 6.92 Å². The van der Waals surface area contributed by atoms with E-state index >= 15 is 0 Å². The average molecular weight is 1200 g/mol. The van der Waals surface area contributed by atoms with Crippen molar-refractivity contribution in [1.82, 2.24) is 0 Å². The van der Waals surface area contributed by atoms with Crippen LogP contribution in [0.2, 0.25) is 0 Å². The number of nitrogens with two attached hydrogens (primary N) is 1. The minimum Gasteiger partial charge on any atom is -0.481 e. The van der Waals surface area contributed by atoms with Crippen LogP contribution in [0.1, 0.15) is 278 Å². The van der Waals surface area contributed by atoms with Crippen LogP contribution in [-0.4, -0.2) is 166 Å². The molecule has 82 heavy (non-hydrogen) atoms. The second-order valence-electron chi connectivity index (χ2n) is 25.0. The highest BCUT2D eigenvalue weighted by Gasteiger charge is 2.31. The third-order valence-electron chi connectivity index (χ3n) is 16.9. The second-order valence-corrected chi connectivity index (χ2v) is 26.0. The molecule has 16 unspecified atom stereocenters. The molecular formula is C62H123NO18S. The van der Waals surface area contributed by atoms with Gasteiger partial charge >= 0.3 is 16.4 Å². The SMILES string of the molecule is CC(CCCCCCCCCC(C)C(O)C(C)C(O)CCCCCCCCCCCCCC(OS(=O)(=O)O)C(C)C(=O)CC(O)CC(O)CCCC(O)CC(O)CC(O)CCCC(O)CC(O)CCCC(O)CC(O)CCCN)C(=O)O. The van der Waals surface area contributed by atoms with Crippen molar-refractivity contribution in [1.29, 1.82) is 0 Å². The number of unbranched alkanes of at least 4 members (excludes halogenated alkanes) is 16. The molecule has 0 aliphatic carbocycles. The molecule has 0 rings (SSSR count). The molecular weight excluding hydrogens is 1080 g/mol. The highest BCUT2D eigenvalue weighted by Crippen LogP contribution is 2.27. The van der Waals surface area contributed by atoms with Gasteiger partial charge in [0.15, 0.2) is 0 Å². The van der Waals surface area contributed by atoms with E-state index in [0.717, 1.165) is 122 Å². The standard InChI is InChI=1S/C62H123NO18S/c1-45(27-19-15-11-10-12-16-20-28-46(2)62(76)77)61(75)48(4)58(73)36-21-17-13-8-6-5-7-9-14-18-22-37-60(81-82(78,79)80)47(3)59(74)44-57(72)43-54(69)34-25-33-53(68)42-56(71)41-52(67)32-24-31-50(65)39-49(64)29-23-30-51(66)40-55(70)35-26-38-63/h45-58,60-61,64-73,75H,5-44,63H2,1-4H3,(H,76,77)(H,78,79,80). The number of carboxylic acid groups (broad SMARTS) is 1. The molecule has 0 aromatic rings. The Morgan fingerprint density at radius 2 is 0.720 bits per heavy atom. The Bertz CT molecular complexity index is 1630. The van der Waals surface area contributed by atoms with Crippen molar-refractivity contribution in [2.45, 2.75) is 351 Å². The number of Topliss-reactive ketones (excluding diaryl/α,β-unsaturated/α-hetero) is 1. The van der Waals surface area contributed by atoms with E-state index in [-0.39, 0.29) is 75.5 Å². The van der Waals surface area contributed by atoms with Gasteiger partial charge in [0, 0.05) is 18.3 Å². The van der Waals surface area contributed by atoms with Gasteiger partial charge in [0.2, 0.25) is 0 Å². The summed E-state index contributed by atoms with van der Waals surface area (Å²) >= 11 is 0. The lowest BCUT2D eigenvalue weighted by atomic mass is 9.84. The Hall–Kier alpha value is -1.47. The van der Waals surface area contributed by atoms with E-state index in [0.29, 0.717) is 77.2 Å². The van der Waals surface area contributed by atoms with Crippen molar-refractivity contribution in [2.75, 3.05) is 6.54 Å². The second kappa shape index (κ2) is 49.5. The fraction of sp³-hybridized carbons (Fsp3) is 0.968. The molecule has 0 amide bonds. The fourth-order valence-corrected chi connectivity index (χ4v) is 11.8. The van der Waals surface area contributed by atoms with Gasteiger partial charge in [-0.25, -0.2) is 4.18 Å². The third kappa shape index (κ3) is 45.8. The van der Waals surface area contributed by atoms with Crippen molar-refractivity contribution in [3.8, 4) is 0 Å². The number of aliphatic hydroxyl groups is 11. The summed E-state index contributed by atoms with van der Waals surface area (Å²) in [5.74, 6) is -2.46. The zero-order valence-electron chi connectivity index (χ0n) is 51.4. The molecule has 0 heterocycles. The van der Waals surface area contributed by atoms with Crippen LogP contribution in [0, 0.1) is 23.7 Å². The predicted molar refractivity (Wildman–Crippen MR) is 321 cm³/mol. The van der Waals surface area contributed by atoms with Crippen LogP contribution in [0.15, 0.2) is 0 Å². The molecule has 0 radical (unpaired) electrons. The van der Waals surface area contributed by atoms with Crippen molar-refractivity contribution in [2.24, 2.45) is 29.4 Å². The van der Waals surface area contributed by atoms with E-state index in [1.54, 1.807) is 6.92 Å². The number of carbonyl (C=O) groups excluding carboxylic acids is 1. The Labute approximate surface area is 495 Å². The minimum absolute atomic E-state index is 0.000905. The summed E-state index contributed by atoms with van der Waals surface area (Å²) in [6.07, 6.45) is 15.4. The van der Waals surface area contributed by atoms with Gasteiger partial charge in [0.25, 0.3) is 0 Å². The van der Waals surface area contributed by atoms with Gasteiger partial charge < -0.3 is 67.0 Å². The first kappa shape index (κ1) is 80.5. The topological polar surface area (TPSA) is 367 Å². The zero-order chi connectivity index (χ0) is 61.9. The molecule has 0 aliphatic heterocycles. The summed E-state index contributed by atoms with van der Waals surface area (Å²) in [6, 6.07) is 0. The quantitative estimate of drug-likeness (QED) is 0.0200.